The van der Waals surface area contributed by atoms with Gasteiger partial charge in [-0.1, -0.05) is 12.1 Å². The number of rotatable bonds is 8. The summed E-state index contributed by atoms with van der Waals surface area (Å²) >= 11 is 1.43. The smallest absolute Gasteiger partial charge is 0.212 e. The molecule has 0 saturated heterocycles. The van der Waals surface area contributed by atoms with E-state index in [9.17, 15) is 13.5 Å². The molecule has 1 atom stereocenters. The minimum atomic E-state index is -3.43. The third kappa shape index (κ3) is 5.31. The number of aliphatic hydroxyl groups is 1. The second-order valence-electron chi connectivity index (χ2n) is 5.25. The standard InChI is InChI=1S/C16H21NO4S2/c1-12-7-9-22-16(12)15(18)11-17-23(19,20)10-8-13-3-5-14(21-2)6-4-13/h3-7,9,15,17-18H,8,10-11H2,1-2H3. The van der Waals surface area contributed by atoms with Crippen LogP contribution in [0.2, 0.25) is 0 Å². The van der Waals surface area contributed by atoms with E-state index in [1.54, 1.807) is 19.2 Å². The molecule has 2 N–H and O–H groups in total. The lowest BCUT2D eigenvalue weighted by Crippen LogP contribution is -2.31. The van der Waals surface area contributed by atoms with E-state index in [4.69, 9.17) is 4.74 Å². The Morgan fingerprint density at radius 3 is 2.52 bits per heavy atom. The number of ether oxygens (including phenoxy) is 1. The monoisotopic (exact) mass is 355 g/mol. The van der Waals surface area contributed by atoms with Crippen molar-refractivity contribution in [1.29, 1.82) is 0 Å². The molecule has 0 aliphatic heterocycles. The molecule has 0 aliphatic rings. The molecule has 0 spiro atoms. The van der Waals surface area contributed by atoms with Crippen LogP contribution >= 0.6 is 11.3 Å². The molecule has 5 nitrogen and oxygen atoms in total. The van der Waals surface area contributed by atoms with Gasteiger partial charge >= 0.3 is 0 Å². The highest BCUT2D eigenvalue weighted by atomic mass is 32.2. The first kappa shape index (κ1) is 17.9. The minimum absolute atomic E-state index is 0.00764. The molecule has 0 amide bonds. The zero-order chi connectivity index (χ0) is 16.9. The van der Waals surface area contributed by atoms with E-state index < -0.39 is 16.1 Å². The Bertz CT molecular complexity index is 723. The Morgan fingerprint density at radius 1 is 1.26 bits per heavy atom. The number of aryl methyl sites for hydroxylation is 2. The highest BCUT2D eigenvalue weighted by Gasteiger charge is 2.16. The molecule has 0 radical (unpaired) electrons. The maximum absolute atomic E-state index is 12.0. The fourth-order valence-electron chi connectivity index (χ4n) is 2.14. The summed E-state index contributed by atoms with van der Waals surface area (Å²) in [5.41, 5.74) is 1.89. The first-order chi connectivity index (χ1) is 10.9. The fraction of sp³-hybridized carbons (Fsp3) is 0.375. The number of hydrogen-bond acceptors (Lipinski definition) is 5. The first-order valence-corrected chi connectivity index (χ1v) is 9.77. The molecular weight excluding hydrogens is 334 g/mol. The number of hydrogen-bond donors (Lipinski definition) is 2. The highest BCUT2D eigenvalue weighted by Crippen LogP contribution is 2.23. The maximum atomic E-state index is 12.0. The van der Waals surface area contributed by atoms with Crippen molar-refractivity contribution in [3.05, 3.63) is 51.7 Å². The van der Waals surface area contributed by atoms with Crippen LogP contribution in [-0.4, -0.2) is 32.9 Å². The van der Waals surface area contributed by atoms with Crippen LogP contribution < -0.4 is 9.46 Å². The summed E-state index contributed by atoms with van der Waals surface area (Å²) in [5, 5.41) is 11.9. The third-order valence-corrected chi connectivity index (χ3v) is 5.99. The molecule has 23 heavy (non-hydrogen) atoms. The summed E-state index contributed by atoms with van der Waals surface area (Å²) in [4.78, 5) is 0.794. The lowest BCUT2D eigenvalue weighted by molar-refractivity contribution is 0.185. The van der Waals surface area contributed by atoms with Crippen LogP contribution in [0.25, 0.3) is 0 Å². The molecule has 2 rings (SSSR count). The summed E-state index contributed by atoms with van der Waals surface area (Å²) in [6.45, 7) is 1.89. The highest BCUT2D eigenvalue weighted by molar-refractivity contribution is 7.89. The van der Waals surface area contributed by atoms with E-state index in [2.05, 4.69) is 4.72 Å². The Kier molecular flexibility index (Phi) is 6.17. The van der Waals surface area contributed by atoms with Crippen LogP contribution in [0.15, 0.2) is 35.7 Å². The van der Waals surface area contributed by atoms with Gasteiger partial charge in [-0.3, -0.25) is 0 Å². The predicted octanol–water partition coefficient (Wildman–Crippen LogP) is 2.26. The average Bonchev–Trinajstić information content (AvgIpc) is 2.97. The predicted molar refractivity (Wildman–Crippen MR) is 92.5 cm³/mol. The topological polar surface area (TPSA) is 75.6 Å². The number of methoxy groups -OCH3 is 1. The van der Waals surface area contributed by atoms with Crippen molar-refractivity contribution in [3.8, 4) is 5.75 Å². The number of aliphatic hydroxyl groups excluding tert-OH is 1. The van der Waals surface area contributed by atoms with Crippen molar-refractivity contribution in [1.82, 2.24) is 4.72 Å². The molecule has 2 aromatic rings. The first-order valence-electron chi connectivity index (χ1n) is 7.23. The Morgan fingerprint density at radius 2 is 1.96 bits per heavy atom. The van der Waals surface area contributed by atoms with Gasteiger partial charge in [0.05, 0.1) is 12.9 Å². The SMILES string of the molecule is COc1ccc(CCS(=O)(=O)NCC(O)c2sccc2C)cc1. The van der Waals surface area contributed by atoms with Gasteiger partial charge in [0.15, 0.2) is 0 Å². The van der Waals surface area contributed by atoms with Crippen molar-refractivity contribution in [3.63, 3.8) is 0 Å². The van der Waals surface area contributed by atoms with E-state index >= 15 is 0 Å². The molecule has 126 valence electrons. The molecule has 0 fully saturated rings. The second kappa shape index (κ2) is 7.92. The number of benzene rings is 1. The molecule has 0 bridgehead atoms. The van der Waals surface area contributed by atoms with Crippen LogP contribution in [0.1, 0.15) is 22.1 Å². The van der Waals surface area contributed by atoms with Crippen molar-refractivity contribution >= 4 is 21.4 Å². The van der Waals surface area contributed by atoms with Crippen molar-refractivity contribution < 1.29 is 18.3 Å². The van der Waals surface area contributed by atoms with Crippen molar-refractivity contribution in [2.45, 2.75) is 19.4 Å². The summed E-state index contributed by atoms with van der Waals surface area (Å²) in [5.74, 6) is 0.722. The molecule has 7 heteroatoms. The summed E-state index contributed by atoms with van der Waals surface area (Å²) in [6.07, 6.45) is -0.404. The third-order valence-electron chi connectivity index (χ3n) is 3.52. The molecule has 0 aliphatic carbocycles. The Hall–Kier alpha value is -1.41. The molecule has 1 heterocycles. The van der Waals surface area contributed by atoms with Gasteiger partial charge in [0, 0.05) is 11.4 Å². The van der Waals surface area contributed by atoms with Gasteiger partial charge in [-0.25, -0.2) is 13.1 Å². The van der Waals surface area contributed by atoms with Crippen LogP contribution in [-0.2, 0) is 16.4 Å². The minimum Gasteiger partial charge on any atom is -0.497 e. The number of thiophene rings is 1. The van der Waals surface area contributed by atoms with Gasteiger partial charge in [0.2, 0.25) is 10.0 Å². The molecule has 1 aromatic carbocycles. The summed E-state index contributed by atoms with van der Waals surface area (Å²) in [7, 11) is -1.84. The van der Waals surface area contributed by atoms with Crippen molar-refractivity contribution in [2.75, 3.05) is 19.4 Å². The summed E-state index contributed by atoms with van der Waals surface area (Å²) in [6, 6.07) is 9.20. The van der Waals surface area contributed by atoms with E-state index in [0.29, 0.717) is 6.42 Å². The molecule has 1 aromatic heterocycles. The molecular formula is C16H21NO4S2. The van der Waals surface area contributed by atoms with E-state index in [1.165, 1.54) is 11.3 Å². The second-order valence-corrected chi connectivity index (χ2v) is 8.12. The van der Waals surface area contributed by atoms with Gasteiger partial charge in [-0.2, -0.15) is 0 Å². The normalized spacial score (nSPS) is 13.0. The fourth-order valence-corrected chi connectivity index (χ4v) is 4.11. The average molecular weight is 355 g/mol. The van der Waals surface area contributed by atoms with Gasteiger partial charge in [-0.05, 0) is 48.1 Å². The number of sulfonamides is 1. The zero-order valence-electron chi connectivity index (χ0n) is 13.2. The van der Waals surface area contributed by atoms with Crippen LogP contribution in [0.4, 0.5) is 0 Å². The van der Waals surface area contributed by atoms with E-state index in [-0.39, 0.29) is 12.3 Å². The lowest BCUT2D eigenvalue weighted by Gasteiger charge is -2.12. The van der Waals surface area contributed by atoms with Crippen molar-refractivity contribution in [2.24, 2.45) is 0 Å². The van der Waals surface area contributed by atoms with Gasteiger partial charge in [0.1, 0.15) is 11.9 Å². The Balaban J connectivity index is 1.85. The molecule has 0 saturated carbocycles. The van der Waals surface area contributed by atoms with E-state index in [0.717, 1.165) is 21.8 Å². The van der Waals surface area contributed by atoms with Crippen LogP contribution in [0, 0.1) is 6.92 Å². The zero-order valence-corrected chi connectivity index (χ0v) is 14.8. The summed E-state index contributed by atoms with van der Waals surface area (Å²) < 4.78 is 31.6. The lowest BCUT2D eigenvalue weighted by atomic mass is 10.2. The quantitative estimate of drug-likeness (QED) is 0.762. The largest absolute Gasteiger partial charge is 0.497 e. The van der Waals surface area contributed by atoms with Crippen LogP contribution in [0.3, 0.4) is 0 Å². The van der Waals surface area contributed by atoms with Gasteiger partial charge in [0.25, 0.3) is 0 Å². The Labute approximate surface area is 141 Å². The molecule has 1 unspecified atom stereocenters. The maximum Gasteiger partial charge on any atom is 0.212 e. The van der Waals surface area contributed by atoms with E-state index in [1.807, 2.05) is 30.5 Å². The van der Waals surface area contributed by atoms with Crippen LogP contribution in [0.5, 0.6) is 5.75 Å². The number of nitrogens with one attached hydrogen (secondary N) is 1. The van der Waals surface area contributed by atoms with Gasteiger partial charge < -0.3 is 9.84 Å². The van der Waals surface area contributed by atoms with Gasteiger partial charge in [-0.15, -0.1) is 11.3 Å².